The van der Waals surface area contributed by atoms with Gasteiger partial charge in [-0.15, -0.1) is 5.10 Å². The number of aromatic nitrogens is 6. The zero-order valence-corrected chi connectivity index (χ0v) is 18.0. The van der Waals surface area contributed by atoms with Gasteiger partial charge in [0.05, 0.1) is 24.9 Å². The molecule has 4 heterocycles. The monoisotopic (exact) mass is 440 g/mol. The van der Waals surface area contributed by atoms with Crippen LogP contribution in [0.1, 0.15) is 37.2 Å². The number of fused-ring (bicyclic) bond motifs is 3. The van der Waals surface area contributed by atoms with Crippen LogP contribution in [0.25, 0.3) is 16.6 Å². The van der Waals surface area contributed by atoms with E-state index in [4.69, 9.17) is 15.5 Å². The fourth-order valence-electron chi connectivity index (χ4n) is 4.37. The Labute approximate surface area is 183 Å². The molecule has 0 unspecified atom stereocenters. The lowest BCUT2D eigenvalue weighted by atomic mass is 9.97. The first-order valence-corrected chi connectivity index (χ1v) is 10.6. The summed E-state index contributed by atoms with van der Waals surface area (Å²) in [5.74, 6) is 0.479. The second-order valence-corrected chi connectivity index (χ2v) is 7.94. The van der Waals surface area contributed by atoms with E-state index in [0.717, 1.165) is 31.6 Å². The van der Waals surface area contributed by atoms with Gasteiger partial charge in [0, 0.05) is 43.2 Å². The number of hydrogen-bond acceptors (Lipinski definition) is 8. The van der Waals surface area contributed by atoms with Crippen molar-refractivity contribution in [1.29, 1.82) is 0 Å². The highest BCUT2D eigenvalue weighted by Crippen LogP contribution is 2.32. The number of hydrogen-bond donors (Lipinski definition) is 2. The van der Waals surface area contributed by atoms with Crippen LogP contribution in [0.2, 0.25) is 0 Å². The summed E-state index contributed by atoms with van der Waals surface area (Å²) in [7, 11) is 1.41. The summed E-state index contributed by atoms with van der Waals surface area (Å²) in [4.78, 5) is 11.3. The molecule has 32 heavy (non-hydrogen) atoms. The number of halogens is 1. The van der Waals surface area contributed by atoms with Gasteiger partial charge >= 0.3 is 0 Å². The highest BCUT2D eigenvalue weighted by molar-refractivity contribution is 5.93. The number of nitrogen functional groups attached to an aromatic ring is 1. The van der Waals surface area contributed by atoms with E-state index in [9.17, 15) is 9.50 Å². The summed E-state index contributed by atoms with van der Waals surface area (Å²) in [6.45, 7) is 4.19. The fraction of sp³-hybridized carbons (Fsp3) is 0.429. The van der Waals surface area contributed by atoms with Gasteiger partial charge in [0.25, 0.3) is 0 Å². The van der Waals surface area contributed by atoms with Crippen LogP contribution in [-0.4, -0.2) is 54.7 Å². The number of aliphatic hydroxyl groups is 1. The molecule has 1 fully saturated rings. The molecule has 1 saturated heterocycles. The molecule has 168 valence electrons. The number of methoxy groups -OCH3 is 1. The van der Waals surface area contributed by atoms with Crippen molar-refractivity contribution in [3.63, 3.8) is 0 Å². The van der Waals surface area contributed by atoms with Crippen molar-refractivity contribution in [3.8, 4) is 5.75 Å². The maximum absolute atomic E-state index is 14.4. The summed E-state index contributed by atoms with van der Waals surface area (Å²) in [6, 6.07) is 2.87. The molecule has 1 atom stereocenters. The van der Waals surface area contributed by atoms with Crippen LogP contribution in [0.4, 0.5) is 16.0 Å². The Balaban J connectivity index is 1.53. The van der Waals surface area contributed by atoms with Crippen molar-refractivity contribution in [2.45, 2.75) is 38.8 Å². The van der Waals surface area contributed by atoms with Gasteiger partial charge in [-0.2, -0.15) is 9.61 Å². The van der Waals surface area contributed by atoms with Crippen molar-refractivity contribution in [2.75, 3.05) is 30.8 Å². The van der Waals surface area contributed by atoms with E-state index >= 15 is 0 Å². The van der Waals surface area contributed by atoms with Gasteiger partial charge in [0.1, 0.15) is 5.69 Å². The quantitative estimate of drug-likeness (QED) is 0.484. The van der Waals surface area contributed by atoms with E-state index in [0.29, 0.717) is 34.6 Å². The zero-order chi connectivity index (χ0) is 22.4. The highest BCUT2D eigenvalue weighted by atomic mass is 19.1. The number of ether oxygens (including phenoxy) is 1. The van der Waals surface area contributed by atoms with Gasteiger partial charge in [-0.05, 0) is 25.8 Å². The first-order chi connectivity index (χ1) is 15.5. The Bertz CT molecular complexity index is 1300. The Morgan fingerprint density at radius 3 is 2.88 bits per heavy atom. The Morgan fingerprint density at radius 1 is 1.28 bits per heavy atom. The molecule has 1 aromatic carbocycles. The fourth-order valence-corrected chi connectivity index (χ4v) is 4.37. The molecule has 1 aliphatic heterocycles. The van der Waals surface area contributed by atoms with E-state index in [-0.39, 0.29) is 24.2 Å². The van der Waals surface area contributed by atoms with Crippen LogP contribution in [0.5, 0.6) is 5.75 Å². The third kappa shape index (κ3) is 3.29. The molecule has 0 saturated carbocycles. The van der Waals surface area contributed by atoms with Gasteiger partial charge in [0.2, 0.25) is 5.95 Å². The zero-order valence-electron chi connectivity index (χ0n) is 18.0. The standard InChI is InChI=1S/C21H25FN8O2/c1-3-29-10-17(16(11-31)26-29)28-6-4-5-12(9-28)19-25-20-13-7-14(22)18(32-2)8-15(13)24-21(23)30(20)27-19/h7-8,10,12,31H,3-6,9,11H2,1-2H3,(H2,23,24)/t12-/m1/s1. The molecule has 0 spiro atoms. The summed E-state index contributed by atoms with van der Waals surface area (Å²) in [5, 5.41) is 19.3. The van der Waals surface area contributed by atoms with E-state index in [1.165, 1.54) is 23.8 Å². The first-order valence-electron chi connectivity index (χ1n) is 10.6. The number of nitrogens with zero attached hydrogens (tertiary/aromatic N) is 7. The molecule has 10 nitrogen and oxygen atoms in total. The molecule has 0 radical (unpaired) electrons. The summed E-state index contributed by atoms with van der Waals surface area (Å²) < 4.78 is 22.7. The van der Waals surface area contributed by atoms with Gasteiger partial charge in [0.15, 0.2) is 23.0 Å². The molecule has 0 aliphatic carbocycles. The van der Waals surface area contributed by atoms with Crippen molar-refractivity contribution in [1.82, 2.24) is 29.4 Å². The number of aryl methyl sites for hydroxylation is 1. The van der Waals surface area contributed by atoms with Crippen molar-refractivity contribution in [3.05, 3.63) is 35.7 Å². The largest absolute Gasteiger partial charge is 0.494 e. The van der Waals surface area contributed by atoms with Crippen LogP contribution < -0.4 is 15.4 Å². The molecule has 0 amide bonds. The van der Waals surface area contributed by atoms with Crippen LogP contribution in [0.3, 0.4) is 0 Å². The maximum atomic E-state index is 14.4. The van der Waals surface area contributed by atoms with Gasteiger partial charge in [-0.1, -0.05) is 0 Å². The van der Waals surface area contributed by atoms with E-state index in [2.05, 4.69) is 20.1 Å². The normalized spacial score (nSPS) is 16.9. The van der Waals surface area contributed by atoms with E-state index in [1.807, 2.05) is 17.8 Å². The van der Waals surface area contributed by atoms with Crippen LogP contribution in [0, 0.1) is 5.82 Å². The minimum absolute atomic E-state index is 0.0534. The van der Waals surface area contributed by atoms with Crippen LogP contribution >= 0.6 is 0 Å². The van der Waals surface area contributed by atoms with Crippen molar-refractivity contribution in [2.24, 2.45) is 0 Å². The highest BCUT2D eigenvalue weighted by Gasteiger charge is 2.28. The minimum Gasteiger partial charge on any atom is -0.494 e. The Kier molecular flexibility index (Phi) is 5.04. The summed E-state index contributed by atoms with van der Waals surface area (Å²) in [6.07, 6.45) is 3.83. The number of piperidine rings is 1. The SMILES string of the molecule is CCn1cc(N2CCC[C@@H](c3nc4c5cc(F)c(OC)cc5nc(N)n4n3)C2)c(CO)n1. The van der Waals surface area contributed by atoms with Gasteiger partial charge in [-0.25, -0.2) is 14.4 Å². The molecule has 3 aromatic heterocycles. The van der Waals surface area contributed by atoms with Gasteiger partial charge < -0.3 is 20.5 Å². The lowest BCUT2D eigenvalue weighted by Gasteiger charge is -2.32. The number of anilines is 2. The number of rotatable bonds is 5. The number of nitrogens with two attached hydrogens (primary N) is 1. The molecule has 1 aliphatic rings. The van der Waals surface area contributed by atoms with Crippen LogP contribution in [-0.2, 0) is 13.2 Å². The van der Waals surface area contributed by atoms with Crippen molar-refractivity contribution < 1.29 is 14.2 Å². The third-order valence-electron chi connectivity index (χ3n) is 6.00. The Hall–Kier alpha value is -3.47. The second-order valence-electron chi connectivity index (χ2n) is 7.94. The number of benzene rings is 1. The predicted molar refractivity (Wildman–Crippen MR) is 117 cm³/mol. The molecule has 11 heteroatoms. The van der Waals surface area contributed by atoms with E-state index < -0.39 is 5.82 Å². The first kappa shape index (κ1) is 20.4. The maximum Gasteiger partial charge on any atom is 0.223 e. The Morgan fingerprint density at radius 2 is 2.12 bits per heavy atom. The lowest BCUT2D eigenvalue weighted by Crippen LogP contribution is -2.35. The predicted octanol–water partition coefficient (Wildman–Crippen LogP) is 2.10. The topological polar surface area (TPSA) is 120 Å². The molecular weight excluding hydrogens is 415 g/mol. The second kappa shape index (κ2) is 7.90. The molecule has 3 N–H and O–H groups in total. The minimum atomic E-state index is -0.494. The van der Waals surface area contributed by atoms with E-state index in [1.54, 1.807) is 0 Å². The summed E-state index contributed by atoms with van der Waals surface area (Å²) in [5.41, 5.74) is 8.70. The molecule has 0 bridgehead atoms. The third-order valence-corrected chi connectivity index (χ3v) is 6.00. The number of aliphatic hydroxyl groups excluding tert-OH is 1. The molecule has 5 rings (SSSR count). The average molecular weight is 440 g/mol. The average Bonchev–Trinajstić information content (AvgIpc) is 3.44. The smallest absolute Gasteiger partial charge is 0.223 e. The molecule has 4 aromatic rings. The lowest BCUT2D eigenvalue weighted by molar-refractivity contribution is 0.275. The van der Waals surface area contributed by atoms with Crippen LogP contribution in [0.15, 0.2) is 18.3 Å². The van der Waals surface area contributed by atoms with Crippen molar-refractivity contribution >= 4 is 28.2 Å². The molecular formula is C21H25FN8O2. The van der Waals surface area contributed by atoms with Gasteiger partial charge in [-0.3, -0.25) is 4.68 Å². The summed E-state index contributed by atoms with van der Waals surface area (Å²) >= 11 is 0.